The van der Waals surface area contributed by atoms with Crippen LogP contribution in [0.2, 0.25) is 5.02 Å². The Morgan fingerprint density at radius 1 is 1.11 bits per heavy atom. The molecule has 1 N–H and O–H groups in total. The third-order valence-corrected chi connectivity index (χ3v) is 5.62. The van der Waals surface area contributed by atoms with Gasteiger partial charge in [-0.25, -0.2) is 12.8 Å². The highest BCUT2D eigenvalue weighted by atomic mass is 35.5. The number of halogens is 2. The molecule has 0 aromatic heterocycles. The van der Waals surface area contributed by atoms with Gasteiger partial charge in [-0.3, -0.25) is 4.79 Å². The van der Waals surface area contributed by atoms with E-state index in [9.17, 15) is 17.6 Å². The molecular formula is C19H21ClFNO4S. The van der Waals surface area contributed by atoms with Crippen LogP contribution in [0.1, 0.15) is 32.4 Å². The highest BCUT2D eigenvalue weighted by Crippen LogP contribution is 2.21. The number of ether oxygens (including phenoxy) is 1. The number of esters is 1. The van der Waals surface area contributed by atoms with E-state index in [2.05, 4.69) is 4.72 Å². The van der Waals surface area contributed by atoms with E-state index in [0.717, 1.165) is 0 Å². The predicted molar refractivity (Wildman–Crippen MR) is 101 cm³/mol. The van der Waals surface area contributed by atoms with Gasteiger partial charge in [0.15, 0.2) is 0 Å². The lowest BCUT2D eigenvalue weighted by Gasteiger charge is -2.23. The molecule has 27 heavy (non-hydrogen) atoms. The molecule has 2 aromatic carbocycles. The first kappa shape index (κ1) is 21.3. The summed E-state index contributed by atoms with van der Waals surface area (Å²) in [6.07, 6.45) is -0.657. The molecular weight excluding hydrogens is 393 g/mol. The van der Waals surface area contributed by atoms with Gasteiger partial charge in [0.1, 0.15) is 18.0 Å². The number of nitrogens with one attached hydrogen (secondary N) is 1. The van der Waals surface area contributed by atoms with Crippen LogP contribution in [-0.4, -0.2) is 20.4 Å². The summed E-state index contributed by atoms with van der Waals surface area (Å²) < 4.78 is 46.0. The molecule has 0 saturated carbocycles. The summed E-state index contributed by atoms with van der Waals surface area (Å²) in [6.45, 7) is 5.04. The van der Waals surface area contributed by atoms with Crippen molar-refractivity contribution in [1.29, 1.82) is 0 Å². The van der Waals surface area contributed by atoms with Gasteiger partial charge in [0.2, 0.25) is 10.0 Å². The minimum atomic E-state index is -3.96. The van der Waals surface area contributed by atoms with Gasteiger partial charge in [0.05, 0.1) is 4.90 Å². The number of carbonyl (C=O) groups is 1. The fourth-order valence-corrected chi connectivity index (χ4v) is 4.01. The number of benzene rings is 2. The lowest BCUT2D eigenvalue weighted by atomic mass is 10.1. The molecule has 2 aromatic rings. The number of sulfonamides is 1. The van der Waals surface area contributed by atoms with Gasteiger partial charge in [-0.2, -0.15) is 4.72 Å². The van der Waals surface area contributed by atoms with Gasteiger partial charge >= 0.3 is 5.97 Å². The normalized spacial score (nSPS) is 14.0. The first-order valence-electron chi connectivity index (χ1n) is 8.34. The SMILES string of the molecule is CC(C)[C@H](NS(=O)(=O)c1cccc(Cl)c1)C(=O)O[C@H](C)c1ccc(F)cc1. The van der Waals surface area contributed by atoms with E-state index in [-0.39, 0.29) is 15.8 Å². The zero-order valence-corrected chi connectivity index (χ0v) is 16.7. The summed E-state index contributed by atoms with van der Waals surface area (Å²) in [6, 6.07) is 10.2. The molecule has 2 rings (SSSR count). The lowest BCUT2D eigenvalue weighted by Crippen LogP contribution is -2.45. The Kier molecular flexibility index (Phi) is 6.97. The van der Waals surface area contributed by atoms with Gasteiger partial charge in [-0.1, -0.05) is 43.6 Å². The maximum atomic E-state index is 13.0. The molecule has 0 fully saturated rings. The van der Waals surface area contributed by atoms with E-state index < -0.39 is 34.0 Å². The molecule has 0 radical (unpaired) electrons. The molecule has 0 saturated heterocycles. The predicted octanol–water partition coefficient (Wildman–Crippen LogP) is 4.09. The molecule has 0 aliphatic heterocycles. The second kappa shape index (κ2) is 8.82. The molecule has 0 bridgehead atoms. The summed E-state index contributed by atoms with van der Waals surface area (Å²) in [5.74, 6) is -1.47. The van der Waals surface area contributed by atoms with Crippen LogP contribution in [0.5, 0.6) is 0 Å². The van der Waals surface area contributed by atoms with E-state index >= 15 is 0 Å². The van der Waals surface area contributed by atoms with Gasteiger partial charge in [-0.05, 0) is 48.7 Å². The van der Waals surface area contributed by atoms with Crippen molar-refractivity contribution in [2.75, 3.05) is 0 Å². The Morgan fingerprint density at radius 2 is 1.74 bits per heavy atom. The molecule has 8 heteroatoms. The lowest BCUT2D eigenvalue weighted by molar-refractivity contribution is -0.151. The van der Waals surface area contributed by atoms with Crippen molar-refractivity contribution >= 4 is 27.6 Å². The van der Waals surface area contributed by atoms with Crippen LogP contribution in [0, 0.1) is 11.7 Å². The zero-order chi connectivity index (χ0) is 20.2. The maximum Gasteiger partial charge on any atom is 0.325 e. The fourth-order valence-electron chi connectivity index (χ4n) is 2.38. The van der Waals surface area contributed by atoms with Crippen molar-refractivity contribution in [2.45, 2.75) is 37.8 Å². The maximum absolute atomic E-state index is 13.0. The van der Waals surface area contributed by atoms with Gasteiger partial charge in [0, 0.05) is 5.02 Å². The minimum Gasteiger partial charge on any atom is -0.457 e. The van der Waals surface area contributed by atoms with Crippen LogP contribution in [-0.2, 0) is 19.6 Å². The first-order chi connectivity index (χ1) is 12.6. The quantitative estimate of drug-likeness (QED) is 0.694. The number of rotatable bonds is 7. The number of carbonyl (C=O) groups excluding carboxylic acids is 1. The summed E-state index contributed by atoms with van der Waals surface area (Å²) in [7, 11) is -3.96. The minimum absolute atomic E-state index is 0.0416. The van der Waals surface area contributed by atoms with Crippen LogP contribution in [0.25, 0.3) is 0 Å². The molecule has 0 aliphatic rings. The smallest absolute Gasteiger partial charge is 0.325 e. The van der Waals surface area contributed by atoms with Gasteiger partial charge < -0.3 is 4.74 Å². The Balaban J connectivity index is 2.16. The van der Waals surface area contributed by atoms with E-state index in [4.69, 9.17) is 16.3 Å². The third kappa shape index (κ3) is 5.76. The van der Waals surface area contributed by atoms with E-state index in [1.165, 1.54) is 42.5 Å². The molecule has 0 spiro atoms. The molecule has 2 atom stereocenters. The highest BCUT2D eigenvalue weighted by molar-refractivity contribution is 7.89. The zero-order valence-electron chi connectivity index (χ0n) is 15.1. The summed E-state index contributed by atoms with van der Waals surface area (Å²) >= 11 is 5.85. The average Bonchev–Trinajstić information content (AvgIpc) is 2.60. The molecule has 0 heterocycles. The van der Waals surface area contributed by atoms with Gasteiger partial charge in [0.25, 0.3) is 0 Å². The second-order valence-corrected chi connectivity index (χ2v) is 8.58. The fraction of sp³-hybridized carbons (Fsp3) is 0.316. The van der Waals surface area contributed by atoms with Crippen LogP contribution in [0.15, 0.2) is 53.4 Å². The van der Waals surface area contributed by atoms with E-state index in [0.29, 0.717) is 5.56 Å². The van der Waals surface area contributed by atoms with Crippen molar-refractivity contribution in [3.63, 3.8) is 0 Å². The molecule has 0 amide bonds. The van der Waals surface area contributed by atoms with Crippen molar-refractivity contribution in [1.82, 2.24) is 4.72 Å². The van der Waals surface area contributed by atoms with Crippen molar-refractivity contribution < 1.29 is 22.3 Å². The Labute approximate surface area is 163 Å². The first-order valence-corrected chi connectivity index (χ1v) is 10.2. The second-order valence-electron chi connectivity index (χ2n) is 6.43. The molecule has 0 unspecified atom stereocenters. The molecule has 5 nitrogen and oxygen atoms in total. The largest absolute Gasteiger partial charge is 0.457 e. The number of hydrogen-bond acceptors (Lipinski definition) is 4. The van der Waals surface area contributed by atoms with Crippen molar-refractivity contribution in [3.8, 4) is 0 Å². The van der Waals surface area contributed by atoms with E-state index in [1.807, 2.05) is 0 Å². The van der Waals surface area contributed by atoms with Gasteiger partial charge in [-0.15, -0.1) is 0 Å². The Bertz CT molecular complexity index is 900. The van der Waals surface area contributed by atoms with E-state index in [1.54, 1.807) is 26.8 Å². The summed E-state index contributed by atoms with van der Waals surface area (Å²) in [5.41, 5.74) is 0.602. The standard InChI is InChI=1S/C19H21ClFNO4S/c1-12(2)18(22-27(24,25)17-6-4-5-15(20)11-17)19(23)26-13(3)14-7-9-16(21)10-8-14/h4-13,18,22H,1-3H3/t13-,18+/m1/s1. The summed E-state index contributed by atoms with van der Waals surface area (Å²) in [5, 5.41) is 0.270. The Hall–Kier alpha value is -1.96. The monoisotopic (exact) mass is 413 g/mol. The van der Waals surface area contributed by atoms with Crippen LogP contribution >= 0.6 is 11.6 Å². The van der Waals surface area contributed by atoms with Crippen LogP contribution in [0.4, 0.5) is 4.39 Å². The average molecular weight is 414 g/mol. The summed E-state index contributed by atoms with van der Waals surface area (Å²) in [4.78, 5) is 12.5. The van der Waals surface area contributed by atoms with Crippen LogP contribution in [0.3, 0.4) is 0 Å². The van der Waals surface area contributed by atoms with Crippen molar-refractivity contribution in [3.05, 3.63) is 64.9 Å². The molecule has 146 valence electrons. The highest BCUT2D eigenvalue weighted by Gasteiger charge is 2.31. The topological polar surface area (TPSA) is 72.5 Å². The number of hydrogen-bond donors (Lipinski definition) is 1. The van der Waals surface area contributed by atoms with Crippen molar-refractivity contribution in [2.24, 2.45) is 5.92 Å². The Morgan fingerprint density at radius 3 is 2.30 bits per heavy atom. The molecule has 0 aliphatic carbocycles. The third-order valence-electron chi connectivity index (χ3n) is 3.94. The van der Waals surface area contributed by atoms with Crippen LogP contribution < -0.4 is 4.72 Å².